The van der Waals surface area contributed by atoms with Gasteiger partial charge in [-0.2, -0.15) is 5.10 Å². The lowest BCUT2D eigenvalue weighted by Gasteiger charge is -2.17. The fourth-order valence-electron chi connectivity index (χ4n) is 2.35. The number of aromatic nitrogens is 2. The van der Waals surface area contributed by atoms with Gasteiger partial charge in [0.25, 0.3) is 0 Å². The van der Waals surface area contributed by atoms with Crippen LogP contribution in [0.25, 0.3) is 0 Å². The molecule has 0 aliphatic heterocycles. The summed E-state index contributed by atoms with van der Waals surface area (Å²) >= 11 is 12.4. The van der Waals surface area contributed by atoms with E-state index in [0.29, 0.717) is 16.5 Å². The Bertz CT molecular complexity index is 589. The van der Waals surface area contributed by atoms with Gasteiger partial charge in [-0.1, -0.05) is 36.2 Å². The molecular formula is C15H20Cl2N4. The number of halogens is 2. The van der Waals surface area contributed by atoms with Gasteiger partial charge >= 0.3 is 0 Å². The van der Waals surface area contributed by atoms with Crippen molar-refractivity contribution in [1.82, 2.24) is 15.2 Å². The second-order valence-electron chi connectivity index (χ2n) is 5.08. The minimum Gasteiger partial charge on any atom is -0.272 e. The molecule has 1 atom stereocenters. The summed E-state index contributed by atoms with van der Waals surface area (Å²) in [6.07, 6.45) is 2.36. The molecule has 6 heteroatoms. The van der Waals surface area contributed by atoms with E-state index in [9.17, 15) is 0 Å². The highest BCUT2D eigenvalue weighted by Crippen LogP contribution is 2.26. The van der Waals surface area contributed by atoms with Crippen LogP contribution < -0.4 is 11.3 Å². The third kappa shape index (κ3) is 3.98. The number of hydrogen-bond acceptors (Lipinski definition) is 3. The first-order chi connectivity index (χ1) is 10.0. The average molecular weight is 327 g/mol. The lowest BCUT2D eigenvalue weighted by Crippen LogP contribution is -2.39. The second-order valence-corrected chi connectivity index (χ2v) is 5.89. The zero-order valence-electron chi connectivity index (χ0n) is 12.2. The van der Waals surface area contributed by atoms with E-state index in [2.05, 4.69) is 23.5 Å². The Labute approximate surface area is 135 Å². The maximum absolute atomic E-state index is 6.22. The fourth-order valence-corrected chi connectivity index (χ4v) is 2.90. The van der Waals surface area contributed by atoms with Gasteiger partial charge < -0.3 is 0 Å². The lowest BCUT2D eigenvalue weighted by atomic mass is 10.0. The van der Waals surface area contributed by atoms with Crippen LogP contribution in [-0.4, -0.2) is 15.8 Å². The van der Waals surface area contributed by atoms with Crippen LogP contribution in [0.5, 0.6) is 0 Å². The molecule has 0 radical (unpaired) electrons. The monoisotopic (exact) mass is 326 g/mol. The molecule has 0 bridgehead atoms. The summed E-state index contributed by atoms with van der Waals surface area (Å²) in [5, 5.41) is 5.79. The standard InChI is InChI=1S/C15H20Cl2N4/c1-3-10-7-12(21(2)20-10)8-11(19-18)9-13-14(16)5-4-6-15(13)17/h4-7,11,19H,3,8-9,18H2,1-2H3. The first kappa shape index (κ1) is 16.3. The average Bonchev–Trinajstić information content (AvgIpc) is 2.82. The smallest absolute Gasteiger partial charge is 0.0624 e. The van der Waals surface area contributed by atoms with Gasteiger partial charge in [0.1, 0.15) is 0 Å². The molecule has 114 valence electrons. The molecule has 0 aliphatic rings. The molecule has 0 saturated carbocycles. The van der Waals surface area contributed by atoms with Gasteiger partial charge in [-0.05, 0) is 36.6 Å². The van der Waals surface area contributed by atoms with E-state index in [4.69, 9.17) is 29.0 Å². The SMILES string of the molecule is CCc1cc(CC(Cc2c(Cl)cccc2Cl)NN)n(C)n1. The quantitative estimate of drug-likeness (QED) is 0.634. The van der Waals surface area contributed by atoms with Crippen LogP contribution in [0.1, 0.15) is 23.9 Å². The summed E-state index contributed by atoms with van der Waals surface area (Å²) in [6, 6.07) is 7.68. The number of aryl methyl sites for hydroxylation is 2. The van der Waals surface area contributed by atoms with E-state index in [1.807, 2.05) is 29.9 Å². The molecule has 0 spiro atoms. The topological polar surface area (TPSA) is 55.9 Å². The van der Waals surface area contributed by atoms with Crippen molar-refractivity contribution in [1.29, 1.82) is 0 Å². The van der Waals surface area contributed by atoms with Crippen LogP contribution in [0.4, 0.5) is 0 Å². The molecule has 1 aromatic heterocycles. The van der Waals surface area contributed by atoms with E-state index in [-0.39, 0.29) is 6.04 Å². The summed E-state index contributed by atoms with van der Waals surface area (Å²) < 4.78 is 1.90. The predicted octanol–water partition coefficient (Wildman–Crippen LogP) is 2.91. The van der Waals surface area contributed by atoms with Gasteiger partial charge in [0.15, 0.2) is 0 Å². The summed E-state index contributed by atoms with van der Waals surface area (Å²) in [7, 11) is 1.95. The van der Waals surface area contributed by atoms with Crippen molar-refractivity contribution in [2.45, 2.75) is 32.2 Å². The highest BCUT2D eigenvalue weighted by atomic mass is 35.5. The summed E-state index contributed by atoms with van der Waals surface area (Å²) in [4.78, 5) is 0. The zero-order chi connectivity index (χ0) is 15.4. The molecule has 3 N–H and O–H groups in total. The number of rotatable bonds is 6. The number of hydrogen-bond donors (Lipinski definition) is 2. The van der Waals surface area contributed by atoms with E-state index >= 15 is 0 Å². The van der Waals surface area contributed by atoms with Gasteiger partial charge in [-0.25, -0.2) is 0 Å². The Morgan fingerprint density at radius 3 is 2.48 bits per heavy atom. The zero-order valence-corrected chi connectivity index (χ0v) is 13.7. The molecule has 1 aromatic carbocycles. The third-order valence-electron chi connectivity index (χ3n) is 3.59. The summed E-state index contributed by atoms with van der Waals surface area (Å²) in [6.45, 7) is 2.09. The lowest BCUT2D eigenvalue weighted by molar-refractivity contribution is 0.505. The number of hydrazine groups is 1. The molecule has 2 aromatic rings. The van der Waals surface area contributed by atoms with Gasteiger partial charge in [0, 0.05) is 35.2 Å². The summed E-state index contributed by atoms with van der Waals surface area (Å²) in [5.41, 5.74) is 5.99. The van der Waals surface area contributed by atoms with E-state index in [1.54, 1.807) is 0 Å². The highest BCUT2D eigenvalue weighted by molar-refractivity contribution is 6.36. The molecule has 1 unspecified atom stereocenters. The van der Waals surface area contributed by atoms with Crippen LogP contribution in [-0.2, 0) is 26.3 Å². The van der Waals surface area contributed by atoms with Crippen LogP contribution in [0.3, 0.4) is 0 Å². The fraction of sp³-hybridized carbons (Fsp3) is 0.400. The van der Waals surface area contributed by atoms with Crippen molar-refractivity contribution in [3.63, 3.8) is 0 Å². The van der Waals surface area contributed by atoms with E-state index < -0.39 is 0 Å². The predicted molar refractivity (Wildman–Crippen MR) is 87.6 cm³/mol. The molecule has 0 amide bonds. The maximum atomic E-state index is 6.22. The van der Waals surface area contributed by atoms with Crippen molar-refractivity contribution < 1.29 is 0 Å². The molecule has 0 saturated heterocycles. The minimum atomic E-state index is 0.0440. The number of nitrogens with zero attached hydrogens (tertiary/aromatic N) is 2. The second kappa shape index (κ2) is 7.27. The van der Waals surface area contributed by atoms with Gasteiger partial charge in [-0.3, -0.25) is 16.0 Å². The maximum Gasteiger partial charge on any atom is 0.0624 e. The first-order valence-electron chi connectivity index (χ1n) is 6.96. The normalized spacial score (nSPS) is 12.6. The number of nitrogens with one attached hydrogen (secondary N) is 1. The number of nitrogens with two attached hydrogens (primary N) is 1. The molecule has 4 nitrogen and oxygen atoms in total. The first-order valence-corrected chi connectivity index (χ1v) is 7.71. The van der Waals surface area contributed by atoms with E-state index in [1.165, 1.54) is 0 Å². The van der Waals surface area contributed by atoms with Crippen LogP contribution in [0.2, 0.25) is 10.0 Å². The van der Waals surface area contributed by atoms with Gasteiger partial charge in [0.05, 0.1) is 5.69 Å². The Morgan fingerprint density at radius 1 is 1.29 bits per heavy atom. The Morgan fingerprint density at radius 2 is 1.95 bits per heavy atom. The largest absolute Gasteiger partial charge is 0.272 e. The molecular weight excluding hydrogens is 307 g/mol. The molecule has 1 heterocycles. The van der Waals surface area contributed by atoms with Crippen LogP contribution in [0, 0.1) is 0 Å². The molecule has 21 heavy (non-hydrogen) atoms. The van der Waals surface area contributed by atoms with Gasteiger partial charge in [0.2, 0.25) is 0 Å². The van der Waals surface area contributed by atoms with Crippen molar-refractivity contribution in [3.8, 4) is 0 Å². The van der Waals surface area contributed by atoms with E-state index in [0.717, 1.165) is 29.8 Å². The Balaban J connectivity index is 2.15. The Kier molecular flexibility index (Phi) is 5.65. The number of benzene rings is 1. The molecule has 0 fully saturated rings. The van der Waals surface area contributed by atoms with Gasteiger partial charge in [-0.15, -0.1) is 0 Å². The van der Waals surface area contributed by atoms with Crippen molar-refractivity contribution in [3.05, 3.63) is 51.3 Å². The van der Waals surface area contributed by atoms with Crippen LogP contribution in [0.15, 0.2) is 24.3 Å². The summed E-state index contributed by atoms with van der Waals surface area (Å²) in [5.74, 6) is 5.69. The minimum absolute atomic E-state index is 0.0440. The third-order valence-corrected chi connectivity index (χ3v) is 4.30. The van der Waals surface area contributed by atoms with Crippen molar-refractivity contribution >= 4 is 23.2 Å². The molecule has 2 rings (SSSR count). The van der Waals surface area contributed by atoms with Crippen molar-refractivity contribution in [2.75, 3.05) is 0 Å². The van der Waals surface area contributed by atoms with Crippen molar-refractivity contribution in [2.24, 2.45) is 12.9 Å². The Hall–Kier alpha value is -1.07. The van der Waals surface area contributed by atoms with Crippen LogP contribution >= 0.6 is 23.2 Å². The molecule has 0 aliphatic carbocycles. The highest BCUT2D eigenvalue weighted by Gasteiger charge is 2.16.